The quantitative estimate of drug-likeness (QED) is 0.764. The van der Waals surface area contributed by atoms with Crippen molar-refractivity contribution in [2.75, 3.05) is 42.9 Å². The fourth-order valence-electron chi connectivity index (χ4n) is 4.90. The largest absolute Gasteiger partial charge is 0.367 e. The Morgan fingerprint density at radius 2 is 1.90 bits per heavy atom. The van der Waals surface area contributed by atoms with E-state index >= 15 is 0 Å². The predicted molar refractivity (Wildman–Crippen MR) is 125 cm³/mol. The number of benzene rings is 1. The highest BCUT2D eigenvalue weighted by Crippen LogP contribution is 2.35. The van der Waals surface area contributed by atoms with Crippen LogP contribution >= 0.6 is 0 Å². The van der Waals surface area contributed by atoms with Gasteiger partial charge in [-0.3, -0.25) is 0 Å². The van der Waals surface area contributed by atoms with Crippen LogP contribution in [0.15, 0.2) is 31.0 Å². The predicted octanol–water partition coefficient (Wildman–Crippen LogP) is 4.59. The van der Waals surface area contributed by atoms with Gasteiger partial charge < -0.3 is 15.1 Å². The lowest BCUT2D eigenvalue weighted by atomic mass is 9.94. The van der Waals surface area contributed by atoms with E-state index in [0.29, 0.717) is 6.04 Å². The summed E-state index contributed by atoms with van der Waals surface area (Å²) in [4.78, 5) is 14.6. The van der Waals surface area contributed by atoms with Gasteiger partial charge in [0.25, 0.3) is 0 Å². The van der Waals surface area contributed by atoms with Crippen molar-refractivity contribution < 1.29 is 0 Å². The maximum absolute atomic E-state index is 4.74. The molecule has 5 heteroatoms. The molecule has 0 spiro atoms. The molecule has 0 amide bonds. The van der Waals surface area contributed by atoms with Crippen molar-refractivity contribution in [1.29, 1.82) is 0 Å². The van der Waals surface area contributed by atoms with Crippen LogP contribution < -0.4 is 10.2 Å². The summed E-state index contributed by atoms with van der Waals surface area (Å²) in [6.45, 7) is 14.2. The number of rotatable bonds is 6. The molecule has 1 saturated carbocycles. The van der Waals surface area contributed by atoms with Gasteiger partial charge in [-0.05, 0) is 68.7 Å². The monoisotopic (exact) mass is 403 g/mol. The molecule has 3 saturated heterocycles. The topological polar surface area (TPSA) is 44.3 Å². The van der Waals surface area contributed by atoms with Gasteiger partial charge in [0, 0.05) is 56.2 Å². The number of allylic oxidation sites excluding steroid dienone is 1. The zero-order valence-electron chi connectivity index (χ0n) is 18.3. The van der Waals surface area contributed by atoms with Crippen molar-refractivity contribution >= 4 is 17.2 Å². The molecule has 5 nitrogen and oxygen atoms in total. The van der Waals surface area contributed by atoms with Gasteiger partial charge in [0.2, 0.25) is 5.95 Å². The molecule has 2 bridgehead atoms. The Morgan fingerprint density at radius 3 is 2.60 bits per heavy atom. The zero-order valence-corrected chi connectivity index (χ0v) is 18.3. The van der Waals surface area contributed by atoms with Crippen molar-refractivity contribution in [2.24, 2.45) is 5.92 Å². The third kappa shape index (κ3) is 3.95. The summed E-state index contributed by atoms with van der Waals surface area (Å²) in [7, 11) is 0. The maximum Gasteiger partial charge on any atom is 0.222 e. The summed E-state index contributed by atoms with van der Waals surface area (Å²) in [6, 6.07) is 7.54. The molecule has 0 radical (unpaired) electrons. The van der Waals surface area contributed by atoms with E-state index in [0.717, 1.165) is 41.8 Å². The molecule has 4 heterocycles. The molecule has 1 aromatic carbocycles. The van der Waals surface area contributed by atoms with E-state index in [1.165, 1.54) is 62.1 Å². The number of aromatic nitrogens is 2. The zero-order chi connectivity index (χ0) is 20.7. The van der Waals surface area contributed by atoms with Crippen molar-refractivity contribution in [3.05, 3.63) is 42.2 Å². The highest BCUT2D eigenvalue weighted by Gasteiger charge is 2.29. The smallest absolute Gasteiger partial charge is 0.222 e. The maximum atomic E-state index is 4.74. The van der Waals surface area contributed by atoms with Crippen molar-refractivity contribution in [2.45, 2.75) is 45.6 Å². The minimum atomic E-state index is 0.662. The van der Waals surface area contributed by atoms with E-state index in [1.54, 1.807) is 0 Å². The first-order chi connectivity index (χ1) is 14.6. The number of hydrogen-bond donors (Lipinski definition) is 1. The third-order valence-electron chi connectivity index (χ3n) is 6.96. The van der Waals surface area contributed by atoms with Gasteiger partial charge in [-0.25, -0.2) is 9.97 Å². The SMILES string of the molecule is C=C(C)c1cc(N2CCN3CCC2CC3)ccc1-c1cnc(NCC2CC2)nc1C. The Labute approximate surface area is 180 Å². The molecule has 30 heavy (non-hydrogen) atoms. The van der Waals surface area contributed by atoms with E-state index in [4.69, 9.17) is 4.98 Å². The van der Waals surface area contributed by atoms with Crippen LogP contribution in [0.3, 0.4) is 0 Å². The summed E-state index contributed by atoms with van der Waals surface area (Å²) in [5.74, 6) is 1.55. The van der Waals surface area contributed by atoms with E-state index in [-0.39, 0.29) is 0 Å². The van der Waals surface area contributed by atoms with Gasteiger partial charge >= 0.3 is 0 Å². The Morgan fingerprint density at radius 1 is 1.10 bits per heavy atom. The Hall–Kier alpha value is -2.40. The van der Waals surface area contributed by atoms with Gasteiger partial charge in [0.15, 0.2) is 0 Å². The number of piperidine rings is 1. The van der Waals surface area contributed by atoms with E-state index < -0.39 is 0 Å². The second kappa shape index (κ2) is 8.03. The number of aryl methyl sites for hydroxylation is 1. The number of hydrogen-bond acceptors (Lipinski definition) is 5. The molecule has 158 valence electrons. The molecule has 1 aliphatic carbocycles. The van der Waals surface area contributed by atoms with E-state index in [1.807, 2.05) is 6.20 Å². The molecule has 0 atom stereocenters. The number of anilines is 2. The van der Waals surface area contributed by atoms with Crippen LogP contribution in [0.25, 0.3) is 16.7 Å². The lowest BCUT2D eigenvalue weighted by Gasteiger charge is -2.33. The lowest BCUT2D eigenvalue weighted by Crippen LogP contribution is -2.37. The van der Waals surface area contributed by atoms with Crippen LogP contribution in [-0.4, -0.2) is 53.6 Å². The lowest BCUT2D eigenvalue weighted by molar-refractivity contribution is 0.250. The van der Waals surface area contributed by atoms with Crippen LogP contribution in [0.5, 0.6) is 0 Å². The number of nitrogens with one attached hydrogen (secondary N) is 1. The summed E-state index contributed by atoms with van der Waals surface area (Å²) < 4.78 is 0. The standard InChI is InChI=1S/C25H33N5/c1-17(2)23-14-21(30-13-12-29-10-8-20(30)9-11-29)6-7-22(23)24-16-27-25(28-18(24)3)26-15-19-4-5-19/h6-7,14,16,19-20H,1,4-5,8-13,15H2,2-3H3,(H,26,27,28). The second-order valence-electron chi connectivity index (χ2n) is 9.29. The first kappa shape index (κ1) is 19.6. The Kier molecular flexibility index (Phi) is 5.23. The van der Waals surface area contributed by atoms with Gasteiger partial charge in [-0.15, -0.1) is 0 Å². The molecule has 3 aliphatic heterocycles. The van der Waals surface area contributed by atoms with E-state index in [2.05, 4.69) is 58.7 Å². The van der Waals surface area contributed by atoms with Crippen molar-refractivity contribution in [3.8, 4) is 11.1 Å². The van der Waals surface area contributed by atoms with Crippen LogP contribution in [0, 0.1) is 12.8 Å². The summed E-state index contributed by atoms with van der Waals surface area (Å²) >= 11 is 0. The Bertz CT molecular complexity index is 941. The molecule has 4 aliphatic rings. The molecule has 0 unspecified atom stereocenters. The van der Waals surface area contributed by atoms with Crippen LogP contribution in [0.2, 0.25) is 0 Å². The van der Waals surface area contributed by atoms with Crippen LogP contribution in [0.4, 0.5) is 11.6 Å². The average molecular weight is 404 g/mol. The van der Waals surface area contributed by atoms with Crippen molar-refractivity contribution in [1.82, 2.24) is 14.9 Å². The second-order valence-corrected chi connectivity index (χ2v) is 9.29. The van der Waals surface area contributed by atoms with Gasteiger partial charge in [0.1, 0.15) is 0 Å². The molecule has 1 N–H and O–H groups in total. The highest BCUT2D eigenvalue weighted by molar-refractivity contribution is 5.83. The number of nitrogens with zero attached hydrogens (tertiary/aromatic N) is 4. The van der Waals surface area contributed by atoms with Crippen LogP contribution in [-0.2, 0) is 0 Å². The molecule has 1 aromatic heterocycles. The highest BCUT2D eigenvalue weighted by atomic mass is 15.3. The van der Waals surface area contributed by atoms with Gasteiger partial charge in [-0.1, -0.05) is 18.2 Å². The summed E-state index contributed by atoms with van der Waals surface area (Å²) in [6.07, 6.45) is 7.17. The Balaban J connectivity index is 1.44. The fraction of sp³-hybridized carbons (Fsp3) is 0.520. The third-order valence-corrected chi connectivity index (χ3v) is 6.96. The van der Waals surface area contributed by atoms with Crippen LogP contribution in [0.1, 0.15) is 43.9 Å². The molecular formula is C25H33N5. The molecule has 4 fully saturated rings. The minimum absolute atomic E-state index is 0.662. The van der Waals surface area contributed by atoms with Gasteiger partial charge in [0.05, 0.1) is 5.69 Å². The van der Waals surface area contributed by atoms with Crippen molar-refractivity contribution in [3.63, 3.8) is 0 Å². The minimum Gasteiger partial charge on any atom is -0.367 e. The molecule has 6 rings (SSSR count). The van der Waals surface area contributed by atoms with Gasteiger partial charge in [-0.2, -0.15) is 0 Å². The molecule has 2 aromatic rings. The van der Waals surface area contributed by atoms with E-state index in [9.17, 15) is 0 Å². The summed E-state index contributed by atoms with van der Waals surface area (Å²) in [5.41, 5.74) is 6.91. The normalized spacial score (nSPS) is 23.3. The number of fused-ring (bicyclic) bond motifs is 4. The summed E-state index contributed by atoms with van der Waals surface area (Å²) in [5, 5.41) is 3.39. The first-order valence-corrected chi connectivity index (χ1v) is 11.5. The first-order valence-electron chi connectivity index (χ1n) is 11.5. The average Bonchev–Trinajstić information content (AvgIpc) is 3.60. The fourth-order valence-corrected chi connectivity index (χ4v) is 4.90. The molecular weight excluding hydrogens is 370 g/mol.